The minimum Gasteiger partial charge on any atom is -0.376 e. The Morgan fingerprint density at radius 2 is 2.24 bits per heavy atom. The number of hydrogen-bond donors (Lipinski definition) is 1. The number of aryl methyl sites for hydroxylation is 1. The summed E-state index contributed by atoms with van der Waals surface area (Å²) in [6.07, 6.45) is 3.82. The van der Waals surface area contributed by atoms with E-state index in [2.05, 4.69) is 30.1 Å². The third kappa shape index (κ3) is 2.55. The monoisotopic (exact) mass is 287 g/mol. The van der Waals surface area contributed by atoms with Gasteiger partial charge >= 0.3 is 0 Å². The van der Waals surface area contributed by atoms with Gasteiger partial charge in [0.1, 0.15) is 5.82 Å². The highest BCUT2D eigenvalue weighted by Gasteiger charge is 2.36. The molecule has 3 heterocycles. The molecular formula is C17H25N3O. The summed E-state index contributed by atoms with van der Waals surface area (Å²) in [5, 5.41) is 3.53. The van der Waals surface area contributed by atoms with Gasteiger partial charge in [-0.25, -0.2) is 4.98 Å². The van der Waals surface area contributed by atoms with Crippen molar-refractivity contribution in [2.45, 2.75) is 51.8 Å². The summed E-state index contributed by atoms with van der Waals surface area (Å²) in [5.74, 6) is 2.05. The Morgan fingerprint density at radius 3 is 3.05 bits per heavy atom. The van der Waals surface area contributed by atoms with Gasteiger partial charge in [0, 0.05) is 37.5 Å². The average Bonchev–Trinajstić information content (AvgIpc) is 3.20. The lowest BCUT2D eigenvalue weighted by Crippen LogP contribution is -2.55. The molecule has 0 amide bonds. The third-order valence-corrected chi connectivity index (χ3v) is 5.07. The van der Waals surface area contributed by atoms with Crippen LogP contribution >= 0.6 is 0 Å². The highest BCUT2D eigenvalue weighted by atomic mass is 16.5. The normalized spacial score (nSPS) is 27.6. The molecule has 21 heavy (non-hydrogen) atoms. The molecule has 4 nitrogen and oxygen atoms in total. The standard InChI is InChI=1S/C17H25N3O/c1-11-7-18-8-16-6-14-5-15(10-21-9-13-3-4-13)12(2)19-17(14)20(11)16/h5,11,13,16,18H,3-4,6-10H2,1-2H3/t11-,16-/m1/s1. The summed E-state index contributed by atoms with van der Waals surface area (Å²) in [7, 11) is 0. The minimum absolute atomic E-state index is 0.536. The lowest BCUT2D eigenvalue weighted by Gasteiger charge is -2.37. The van der Waals surface area contributed by atoms with Crippen LogP contribution in [0.25, 0.3) is 0 Å². The van der Waals surface area contributed by atoms with E-state index in [0.717, 1.165) is 44.3 Å². The molecule has 1 aromatic rings. The number of rotatable bonds is 4. The second-order valence-electron chi connectivity index (χ2n) is 6.95. The van der Waals surface area contributed by atoms with E-state index in [1.165, 1.54) is 29.8 Å². The predicted molar refractivity (Wildman–Crippen MR) is 83.7 cm³/mol. The number of fused-ring (bicyclic) bond motifs is 3. The maximum absolute atomic E-state index is 5.86. The summed E-state index contributed by atoms with van der Waals surface area (Å²) in [6.45, 7) is 8.19. The Balaban J connectivity index is 1.53. The number of anilines is 1. The molecule has 0 radical (unpaired) electrons. The molecule has 2 fully saturated rings. The summed E-state index contributed by atoms with van der Waals surface area (Å²) in [4.78, 5) is 7.44. The zero-order chi connectivity index (χ0) is 14.4. The fourth-order valence-corrected chi connectivity index (χ4v) is 3.64. The molecule has 0 bridgehead atoms. The first-order valence-corrected chi connectivity index (χ1v) is 8.28. The Labute approximate surface area is 126 Å². The van der Waals surface area contributed by atoms with Crippen LogP contribution in [0.15, 0.2) is 6.07 Å². The van der Waals surface area contributed by atoms with E-state index >= 15 is 0 Å². The summed E-state index contributed by atoms with van der Waals surface area (Å²) in [6, 6.07) is 3.46. The van der Waals surface area contributed by atoms with Crippen LogP contribution in [0.2, 0.25) is 0 Å². The molecule has 4 rings (SSSR count). The summed E-state index contributed by atoms with van der Waals surface area (Å²) < 4.78 is 5.86. The van der Waals surface area contributed by atoms with Gasteiger partial charge in [-0.3, -0.25) is 0 Å². The van der Waals surface area contributed by atoms with Crippen molar-refractivity contribution in [1.82, 2.24) is 10.3 Å². The maximum Gasteiger partial charge on any atom is 0.132 e. The molecule has 0 aromatic carbocycles. The second kappa shape index (κ2) is 5.25. The van der Waals surface area contributed by atoms with E-state index in [1.807, 2.05) is 0 Å². The van der Waals surface area contributed by atoms with E-state index in [4.69, 9.17) is 9.72 Å². The maximum atomic E-state index is 5.86. The van der Waals surface area contributed by atoms with Crippen molar-refractivity contribution < 1.29 is 4.74 Å². The van der Waals surface area contributed by atoms with E-state index in [1.54, 1.807) is 0 Å². The largest absolute Gasteiger partial charge is 0.376 e. The second-order valence-corrected chi connectivity index (χ2v) is 6.95. The lowest BCUT2D eigenvalue weighted by molar-refractivity contribution is 0.110. The molecule has 2 aliphatic heterocycles. The molecule has 4 heteroatoms. The molecule has 3 aliphatic rings. The first kappa shape index (κ1) is 13.5. The predicted octanol–water partition coefficient (Wildman–Crippen LogP) is 2.04. The van der Waals surface area contributed by atoms with Crippen molar-refractivity contribution >= 4 is 5.82 Å². The Morgan fingerprint density at radius 1 is 1.38 bits per heavy atom. The smallest absolute Gasteiger partial charge is 0.132 e. The van der Waals surface area contributed by atoms with E-state index in [0.29, 0.717) is 12.1 Å². The molecule has 2 atom stereocenters. The van der Waals surface area contributed by atoms with E-state index in [9.17, 15) is 0 Å². The van der Waals surface area contributed by atoms with Gasteiger partial charge in [-0.05, 0) is 56.2 Å². The van der Waals surface area contributed by atoms with Crippen molar-refractivity contribution in [2.75, 3.05) is 24.6 Å². The molecule has 0 spiro atoms. The van der Waals surface area contributed by atoms with Crippen molar-refractivity contribution in [2.24, 2.45) is 5.92 Å². The zero-order valence-electron chi connectivity index (χ0n) is 13.1. The topological polar surface area (TPSA) is 37.4 Å². The van der Waals surface area contributed by atoms with Gasteiger partial charge < -0.3 is 15.0 Å². The fourth-order valence-electron chi connectivity index (χ4n) is 3.64. The number of nitrogens with zero attached hydrogens (tertiary/aromatic N) is 2. The van der Waals surface area contributed by atoms with Gasteiger partial charge in [-0.2, -0.15) is 0 Å². The third-order valence-electron chi connectivity index (χ3n) is 5.07. The first-order valence-electron chi connectivity index (χ1n) is 8.28. The quantitative estimate of drug-likeness (QED) is 0.919. The Hall–Kier alpha value is -1.13. The molecular weight excluding hydrogens is 262 g/mol. The van der Waals surface area contributed by atoms with Gasteiger partial charge in [-0.1, -0.05) is 0 Å². The number of pyridine rings is 1. The molecule has 1 saturated heterocycles. The SMILES string of the molecule is Cc1nc2c(cc1COCC1CC1)C[C@@H]1CNC[C@@H](C)N21. The van der Waals surface area contributed by atoms with Crippen LogP contribution in [0.1, 0.15) is 36.6 Å². The highest BCUT2D eigenvalue weighted by Crippen LogP contribution is 2.35. The van der Waals surface area contributed by atoms with Gasteiger partial charge in [0.05, 0.1) is 6.61 Å². The number of hydrogen-bond acceptors (Lipinski definition) is 4. The first-order chi connectivity index (χ1) is 10.2. The molecule has 1 aliphatic carbocycles. The van der Waals surface area contributed by atoms with Crippen LogP contribution in [-0.2, 0) is 17.8 Å². The minimum atomic E-state index is 0.536. The van der Waals surface area contributed by atoms with Gasteiger partial charge in [-0.15, -0.1) is 0 Å². The molecule has 114 valence electrons. The van der Waals surface area contributed by atoms with Crippen LogP contribution in [0.3, 0.4) is 0 Å². The average molecular weight is 287 g/mol. The van der Waals surface area contributed by atoms with Gasteiger partial charge in [0.2, 0.25) is 0 Å². The van der Waals surface area contributed by atoms with E-state index in [-0.39, 0.29) is 0 Å². The molecule has 0 unspecified atom stereocenters. The van der Waals surface area contributed by atoms with Crippen LogP contribution in [0, 0.1) is 12.8 Å². The van der Waals surface area contributed by atoms with Gasteiger partial charge in [0.15, 0.2) is 0 Å². The number of ether oxygens (including phenoxy) is 1. The summed E-state index contributed by atoms with van der Waals surface area (Å²) >= 11 is 0. The van der Waals surface area contributed by atoms with Crippen molar-refractivity contribution in [3.8, 4) is 0 Å². The van der Waals surface area contributed by atoms with E-state index < -0.39 is 0 Å². The van der Waals surface area contributed by atoms with Crippen LogP contribution in [0.4, 0.5) is 5.82 Å². The molecule has 1 saturated carbocycles. The van der Waals surface area contributed by atoms with Crippen molar-refractivity contribution in [3.63, 3.8) is 0 Å². The highest BCUT2D eigenvalue weighted by molar-refractivity contribution is 5.57. The molecule has 1 aromatic heterocycles. The van der Waals surface area contributed by atoms with Gasteiger partial charge in [0.25, 0.3) is 0 Å². The van der Waals surface area contributed by atoms with Crippen LogP contribution in [-0.4, -0.2) is 36.8 Å². The van der Waals surface area contributed by atoms with Crippen molar-refractivity contribution in [1.29, 1.82) is 0 Å². The lowest BCUT2D eigenvalue weighted by atomic mass is 10.1. The van der Waals surface area contributed by atoms with Crippen LogP contribution in [0.5, 0.6) is 0 Å². The zero-order valence-corrected chi connectivity index (χ0v) is 13.1. The number of nitrogens with one attached hydrogen (secondary N) is 1. The number of aromatic nitrogens is 1. The summed E-state index contributed by atoms with van der Waals surface area (Å²) in [5.41, 5.74) is 3.82. The van der Waals surface area contributed by atoms with Crippen LogP contribution < -0.4 is 10.2 Å². The molecule has 1 N–H and O–H groups in total. The van der Waals surface area contributed by atoms with Crippen molar-refractivity contribution in [3.05, 3.63) is 22.9 Å². The fraction of sp³-hybridized carbons (Fsp3) is 0.706. The number of piperazine rings is 1. The Kier molecular flexibility index (Phi) is 3.38. The Bertz CT molecular complexity index is 541.